The van der Waals surface area contributed by atoms with Crippen molar-refractivity contribution in [1.82, 2.24) is 0 Å². The molecule has 6 atom stereocenters. The molecule has 6 unspecified atom stereocenters. The van der Waals surface area contributed by atoms with Gasteiger partial charge in [-0.15, -0.1) is 0 Å². The first kappa shape index (κ1) is 53.2. The summed E-state index contributed by atoms with van der Waals surface area (Å²) < 4.78 is 21.8. The predicted molar refractivity (Wildman–Crippen MR) is 225 cm³/mol. The number of hydrogen-bond donors (Lipinski definition) is 4. The van der Waals surface area contributed by atoms with Crippen LogP contribution >= 0.6 is 0 Å². The standard InChI is InChI=1S/C46H86O11/c1-3-5-7-9-11-13-15-17-19-21-22-24-26-28-30-32-34-39(47)54-36-38(37-55-46-43(51)41(49)42(50)44(57-46)45(52)53)56-40(48)35-33-31-29-27-25-23-20-18-16-14-12-10-8-6-4-2/h38,41-44,46,49-51H,3-37H2,1-2H3,(H,52,53). The van der Waals surface area contributed by atoms with Crippen LogP contribution in [-0.4, -0.2) is 88.4 Å². The predicted octanol–water partition coefficient (Wildman–Crippen LogP) is 10.3. The van der Waals surface area contributed by atoms with E-state index in [1.807, 2.05) is 0 Å². The highest BCUT2D eigenvalue weighted by atomic mass is 16.7. The number of hydrogen-bond acceptors (Lipinski definition) is 10. The molecule has 0 saturated carbocycles. The molecule has 11 nitrogen and oxygen atoms in total. The van der Waals surface area contributed by atoms with Crippen LogP contribution in [0.5, 0.6) is 0 Å². The van der Waals surface area contributed by atoms with Gasteiger partial charge < -0.3 is 39.4 Å². The maximum atomic E-state index is 12.8. The fraction of sp³-hybridized carbons (Fsp3) is 0.935. The Morgan fingerprint density at radius 2 is 0.825 bits per heavy atom. The van der Waals surface area contributed by atoms with Crippen LogP contribution in [0.3, 0.4) is 0 Å². The monoisotopic (exact) mass is 815 g/mol. The van der Waals surface area contributed by atoms with Gasteiger partial charge in [0.2, 0.25) is 0 Å². The molecule has 1 fully saturated rings. The Balaban J connectivity index is 2.33. The number of esters is 2. The fourth-order valence-corrected chi connectivity index (χ4v) is 7.47. The van der Waals surface area contributed by atoms with E-state index in [2.05, 4.69) is 13.8 Å². The number of carboxylic acids is 1. The summed E-state index contributed by atoms with van der Waals surface area (Å²) in [6, 6.07) is 0. The van der Waals surface area contributed by atoms with Gasteiger partial charge in [0.15, 0.2) is 18.5 Å². The van der Waals surface area contributed by atoms with E-state index in [0.29, 0.717) is 12.8 Å². The maximum Gasteiger partial charge on any atom is 0.335 e. The average molecular weight is 815 g/mol. The van der Waals surface area contributed by atoms with Crippen LogP contribution in [0.1, 0.15) is 226 Å². The molecule has 336 valence electrons. The molecule has 0 aliphatic carbocycles. The topological polar surface area (TPSA) is 169 Å². The van der Waals surface area contributed by atoms with E-state index in [9.17, 15) is 34.8 Å². The van der Waals surface area contributed by atoms with E-state index in [0.717, 1.165) is 38.5 Å². The van der Waals surface area contributed by atoms with Gasteiger partial charge in [-0.3, -0.25) is 9.59 Å². The van der Waals surface area contributed by atoms with Gasteiger partial charge in [0.25, 0.3) is 0 Å². The fourth-order valence-electron chi connectivity index (χ4n) is 7.47. The number of aliphatic carboxylic acids is 1. The van der Waals surface area contributed by atoms with Gasteiger partial charge >= 0.3 is 17.9 Å². The molecule has 0 spiro atoms. The van der Waals surface area contributed by atoms with Crippen LogP contribution < -0.4 is 0 Å². The highest BCUT2D eigenvalue weighted by Gasteiger charge is 2.47. The second-order valence-corrected chi connectivity index (χ2v) is 16.6. The SMILES string of the molecule is CCCCCCCCCCCCCCCCCCC(=O)OCC(COC1OC(C(=O)O)C(O)C(O)C1O)OC(=O)CCCCCCCCCCCCCCCCC. The smallest absolute Gasteiger partial charge is 0.335 e. The zero-order valence-electron chi connectivity index (χ0n) is 36.4. The zero-order chi connectivity index (χ0) is 41.8. The maximum absolute atomic E-state index is 12.8. The normalized spacial score (nSPS) is 20.1. The van der Waals surface area contributed by atoms with E-state index >= 15 is 0 Å². The molecule has 1 saturated heterocycles. The highest BCUT2D eigenvalue weighted by molar-refractivity contribution is 5.73. The number of carboxylic acid groups (broad SMARTS) is 1. The van der Waals surface area contributed by atoms with Crippen LogP contribution in [0, 0.1) is 0 Å². The number of aliphatic hydroxyl groups excluding tert-OH is 3. The second kappa shape index (κ2) is 37.2. The molecule has 1 aliphatic heterocycles. The zero-order valence-corrected chi connectivity index (χ0v) is 36.4. The molecule has 1 rings (SSSR count). The molecular weight excluding hydrogens is 728 g/mol. The lowest BCUT2D eigenvalue weighted by Crippen LogP contribution is -2.60. The van der Waals surface area contributed by atoms with Gasteiger partial charge in [-0.25, -0.2) is 4.79 Å². The molecule has 4 N–H and O–H groups in total. The minimum absolute atomic E-state index is 0.191. The molecule has 0 aromatic carbocycles. The molecule has 0 amide bonds. The Kier molecular flexibility index (Phi) is 34.8. The highest BCUT2D eigenvalue weighted by Crippen LogP contribution is 2.23. The number of carbonyl (C=O) groups excluding carboxylic acids is 2. The number of unbranched alkanes of at least 4 members (excludes halogenated alkanes) is 29. The summed E-state index contributed by atoms with van der Waals surface area (Å²) in [5.41, 5.74) is 0. The lowest BCUT2D eigenvalue weighted by molar-refractivity contribution is -0.298. The number of aliphatic hydroxyl groups is 3. The largest absolute Gasteiger partial charge is 0.479 e. The third kappa shape index (κ3) is 29.1. The van der Waals surface area contributed by atoms with E-state index in [4.69, 9.17) is 18.9 Å². The van der Waals surface area contributed by atoms with Crippen molar-refractivity contribution in [2.45, 2.75) is 263 Å². The minimum atomic E-state index is -1.86. The van der Waals surface area contributed by atoms with Gasteiger partial charge in [0.05, 0.1) is 6.61 Å². The summed E-state index contributed by atoms with van der Waals surface area (Å²) in [7, 11) is 0. The number of ether oxygens (including phenoxy) is 4. The van der Waals surface area contributed by atoms with Crippen molar-refractivity contribution < 1.29 is 53.8 Å². The quantitative estimate of drug-likeness (QED) is 0.0343. The van der Waals surface area contributed by atoms with Crippen molar-refractivity contribution in [3.63, 3.8) is 0 Å². The Bertz CT molecular complexity index is 963. The van der Waals surface area contributed by atoms with Crippen molar-refractivity contribution in [2.75, 3.05) is 13.2 Å². The molecule has 0 aromatic heterocycles. The molecule has 1 heterocycles. The van der Waals surface area contributed by atoms with Gasteiger partial charge in [-0.1, -0.05) is 200 Å². The Hall–Kier alpha value is -1.79. The first-order chi connectivity index (χ1) is 27.7. The lowest BCUT2D eigenvalue weighted by atomic mass is 9.99. The van der Waals surface area contributed by atoms with Crippen LogP contribution in [-0.2, 0) is 33.3 Å². The van der Waals surface area contributed by atoms with Crippen LogP contribution in [0.2, 0.25) is 0 Å². The molecule has 0 bridgehead atoms. The van der Waals surface area contributed by atoms with Crippen LogP contribution in [0.4, 0.5) is 0 Å². The van der Waals surface area contributed by atoms with Crippen molar-refractivity contribution >= 4 is 17.9 Å². The van der Waals surface area contributed by atoms with Crippen molar-refractivity contribution in [2.24, 2.45) is 0 Å². The van der Waals surface area contributed by atoms with Gasteiger partial charge in [-0.2, -0.15) is 0 Å². The minimum Gasteiger partial charge on any atom is -0.479 e. The number of carbonyl (C=O) groups is 3. The van der Waals surface area contributed by atoms with Crippen molar-refractivity contribution in [3.05, 3.63) is 0 Å². The van der Waals surface area contributed by atoms with Gasteiger partial charge in [-0.05, 0) is 12.8 Å². The first-order valence-electron chi connectivity index (χ1n) is 23.6. The number of rotatable bonds is 40. The Morgan fingerprint density at radius 3 is 1.19 bits per heavy atom. The summed E-state index contributed by atoms with van der Waals surface area (Å²) in [6.07, 6.45) is 28.6. The first-order valence-corrected chi connectivity index (χ1v) is 23.6. The molecule has 1 aliphatic rings. The van der Waals surface area contributed by atoms with Crippen molar-refractivity contribution in [3.8, 4) is 0 Å². The molecule has 11 heteroatoms. The third-order valence-electron chi connectivity index (χ3n) is 11.2. The van der Waals surface area contributed by atoms with Crippen molar-refractivity contribution in [1.29, 1.82) is 0 Å². The summed E-state index contributed by atoms with van der Waals surface area (Å²) in [5.74, 6) is -2.42. The summed E-state index contributed by atoms with van der Waals surface area (Å²) in [5, 5.41) is 39.8. The summed E-state index contributed by atoms with van der Waals surface area (Å²) in [6.45, 7) is 3.84. The van der Waals surface area contributed by atoms with Crippen LogP contribution in [0.25, 0.3) is 0 Å². The Morgan fingerprint density at radius 1 is 0.474 bits per heavy atom. The van der Waals surface area contributed by atoms with E-state index < -0.39 is 54.7 Å². The third-order valence-corrected chi connectivity index (χ3v) is 11.2. The molecule has 57 heavy (non-hydrogen) atoms. The van der Waals surface area contributed by atoms with E-state index in [1.54, 1.807) is 0 Å². The Labute approximate surface area is 346 Å². The summed E-state index contributed by atoms with van der Waals surface area (Å²) in [4.78, 5) is 36.8. The lowest BCUT2D eigenvalue weighted by Gasteiger charge is -2.38. The molecule has 0 aromatic rings. The summed E-state index contributed by atoms with van der Waals surface area (Å²) >= 11 is 0. The van der Waals surface area contributed by atoms with E-state index in [1.165, 1.54) is 148 Å². The second-order valence-electron chi connectivity index (χ2n) is 16.6. The van der Waals surface area contributed by atoms with E-state index in [-0.39, 0.29) is 26.1 Å². The van der Waals surface area contributed by atoms with Gasteiger partial charge in [0.1, 0.15) is 24.9 Å². The van der Waals surface area contributed by atoms with Gasteiger partial charge in [0, 0.05) is 12.8 Å². The molecule has 0 radical (unpaired) electrons. The molecular formula is C46H86O11. The van der Waals surface area contributed by atoms with Crippen LogP contribution in [0.15, 0.2) is 0 Å². The average Bonchev–Trinajstić information content (AvgIpc) is 3.19.